The molecule has 232 valence electrons. The van der Waals surface area contributed by atoms with Crippen molar-refractivity contribution in [1.29, 1.82) is 0 Å². The van der Waals surface area contributed by atoms with E-state index < -0.39 is 72.7 Å². The summed E-state index contributed by atoms with van der Waals surface area (Å²) in [4.78, 5) is 60.0. The first-order chi connectivity index (χ1) is 20.4. The Bertz CT molecular complexity index is 1320. The molecule has 1 saturated heterocycles. The number of carbonyl (C=O) groups is 5. The van der Waals surface area contributed by atoms with Gasteiger partial charge in [0.15, 0.2) is 18.8 Å². The predicted octanol–water partition coefficient (Wildman–Crippen LogP) is 2.12. The first-order valence-corrected chi connectivity index (χ1v) is 13.0. The van der Waals surface area contributed by atoms with Gasteiger partial charge in [0.05, 0.1) is 12.7 Å². The molecule has 0 amide bonds. The smallest absolute Gasteiger partial charge is 0.303 e. The zero-order chi connectivity index (χ0) is 31.7. The van der Waals surface area contributed by atoms with E-state index in [-0.39, 0.29) is 17.9 Å². The second-order valence-corrected chi connectivity index (χ2v) is 9.25. The summed E-state index contributed by atoms with van der Waals surface area (Å²) in [6, 6.07) is 10.3. The van der Waals surface area contributed by atoms with Gasteiger partial charge in [0.2, 0.25) is 18.2 Å². The molecule has 3 rings (SSSR count). The zero-order valence-corrected chi connectivity index (χ0v) is 24.1. The van der Waals surface area contributed by atoms with Gasteiger partial charge in [-0.15, -0.1) is 0 Å². The molecule has 1 N–H and O–H groups in total. The lowest BCUT2D eigenvalue weighted by Crippen LogP contribution is -2.63. The van der Waals surface area contributed by atoms with Crippen LogP contribution in [0.3, 0.4) is 0 Å². The Morgan fingerprint density at radius 2 is 1.30 bits per heavy atom. The molecule has 1 heterocycles. The number of hydrogen-bond acceptors (Lipinski definition) is 14. The summed E-state index contributed by atoms with van der Waals surface area (Å²) < 4.78 is 43.4. The Morgan fingerprint density at radius 1 is 0.744 bits per heavy atom. The molecule has 5 atom stereocenters. The number of benzene rings is 2. The van der Waals surface area contributed by atoms with Crippen molar-refractivity contribution in [2.45, 2.75) is 58.4 Å². The van der Waals surface area contributed by atoms with E-state index in [1.165, 1.54) is 19.2 Å². The van der Waals surface area contributed by atoms with Crippen LogP contribution in [0.4, 0.5) is 0 Å². The molecule has 0 unspecified atom stereocenters. The molecule has 1 aliphatic rings. The minimum absolute atomic E-state index is 0.0361. The van der Waals surface area contributed by atoms with Crippen molar-refractivity contribution in [2.24, 2.45) is 0 Å². The number of rotatable bonds is 12. The third-order valence-corrected chi connectivity index (χ3v) is 5.90. The van der Waals surface area contributed by atoms with E-state index in [0.717, 1.165) is 33.8 Å². The minimum Gasteiger partial charge on any atom is -0.507 e. The van der Waals surface area contributed by atoms with E-state index in [1.807, 2.05) is 0 Å². The number of ketones is 1. The maximum absolute atomic E-state index is 12.7. The van der Waals surface area contributed by atoms with Crippen LogP contribution in [0.1, 0.15) is 38.1 Å². The van der Waals surface area contributed by atoms with Gasteiger partial charge >= 0.3 is 23.9 Å². The molecule has 0 saturated carbocycles. The Morgan fingerprint density at radius 3 is 1.86 bits per heavy atom. The summed E-state index contributed by atoms with van der Waals surface area (Å²) in [6.45, 7) is 3.62. The molecule has 1 aliphatic heterocycles. The molecule has 2 aromatic carbocycles. The van der Waals surface area contributed by atoms with Gasteiger partial charge in [-0.05, 0) is 36.4 Å². The molecule has 0 bridgehead atoms. The molecule has 0 aromatic heterocycles. The van der Waals surface area contributed by atoms with Gasteiger partial charge in [0.1, 0.15) is 35.7 Å². The van der Waals surface area contributed by atoms with E-state index in [1.54, 1.807) is 24.3 Å². The Labute approximate surface area is 246 Å². The predicted molar refractivity (Wildman–Crippen MR) is 144 cm³/mol. The third kappa shape index (κ3) is 9.33. The molecule has 0 spiro atoms. The zero-order valence-electron chi connectivity index (χ0n) is 24.1. The van der Waals surface area contributed by atoms with Crippen LogP contribution < -0.4 is 14.2 Å². The minimum atomic E-state index is -1.51. The van der Waals surface area contributed by atoms with Crippen molar-refractivity contribution in [1.82, 2.24) is 0 Å². The molecular formula is C29H32O14. The van der Waals surface area contributed by atoms with Crippen molar-refractivity contribution in [3.63, 3.8) is 0 Å². The number of hydrogen-bond donors (Lipinski definition) is 1. The fraction of sp³-hybridized carbons (Fsp3) is 0.414. The number of ether oxygens (including phenoxy) is 8. The van der Waals surface area contributed by atoms with Crippen LogP contribution in [-0.2, 0) is 42.9 Å². The highest BCUT2D eigenvalue weighted by molar-refractivity contribution is 5.99. The lowest BCUT2D eigenvalue weighted by molar-refractivity contribution is -0.288. The van der Waals surface area contributed by atoms with Crippen molar-refractivity contribution in [2.75, 3.05) is 20.3 Å². The van der Waals surface area contributed by atoms with E-state index in [0.29, 0.717) is 11.5 Å². The fourth-order valence-corrected chi connectivity index (χ4v) is 4.14. The maximum Gasteiger partial charge on any atom is 0.303 e. The third-order valence-electron chi connectivity index (χ3n) is 5.90. The second-order valence-electron chi connectivity index (χ2n) is 9.25. The van der Waals surface area contributed by atoms with Crippen LogP contribution in [0.5, 0.6) is 23.0 Å². The van der Waals surface area contributed by atoms with Gasteiger partial charge in [-0.3, -0.25) is 24.0 Å². The van der Waals surface area contributed by atoms with Crippen molar-refractivity contribution in [3.05, 3.63) is 48.0 Å². The summed E-state index contributed by atoms with van der Waals surface area (Å²) in [5, 5.41) is 10.6. The van der Waals surface area contributed by atoms with Crippen LogP contribution in [0.15, 0.2) is 42.5 Å². The summed E-state index contributed by atoms with van der Waals surface area (Å²) in [7, 11) is 1.52. The van der Waals surface area contributed by atoms with Crippen molar-refractivity contribution >= 4 is 29.7 Å². The molecule has 1 fully saturated rings. The van der Waals surface area contributed by atoms with E-state index in [4.69, 9.17) is 37.9 Å². The summed E-state index contributed by atoms with van der Waals surface area (Å²) in [6.07, 6.45) is -7.00. The SMILES string of the molecule is COc1ccc(OCC(=O)c2ccc(O[C@@H]3O[C@H](COC(C)=O)[C@H](OC(C)=O)[C@H](OC(C)=O)[C@@H]3OC(C)=O)cc2O)cc1. The number of phenolic OH excluding ortho intramolecular Hbond substituents is 1. The number of esters is 4. The quantitative estimate of drug-likeness (QED) is 0.211. The van der Waals surface area contributed by atoms with Gasteiger partial charge in [-0.25, -0.2) is 0 Å². The first kappa shape index (κ1) is 32.7. The Kier molecular flexibility index (Phi) is 11.3. The van der Waals surface area contributed by atoms with E-state index >= 15 is 0 Å². The monoisotopic (exact) mass is 604 g/mol. The summed E-state index contributed by atoms with van der Waals surface area (Å²) >= 11 is 0. The normalized spacial score (nSPS) is 21.1. The van der Waals surface area contributed by atoms with Gasteiger partial charge in [0.25, 0.3) is 0 Å². The highest BCUT2D eigenvalue weighted by Crippen LogP contribution is 2.32. The summed E-state index contributed by atoms with van der Waals surface area (Å²) in [5.41, 5.74) is -0.0672. The first-order valence-electron chi connectivity index (χ1n) is 13.0. The van der Waals surface area contributed by atoms with Crippen LogP contribution in [0.2, 0.25) is 0 Å². The van der Waals surface area contributed by atoms with Crippen LogP contribution >= 0.6 is 0 Å². The number of methoxy groups -OCH3 is 1. The van der Waals surface area contributed by atoms with Gasteiger partial charge in [0, 0.05) is 33.8 Å². The Balaban J connectivity index is 1.84. The molecule has 14 heteroatoms. The molecule has 2 aromatic rings. The molecule has 0 radical (unpaired) electrons. The largest absolute Gasteiger partial charge is 0.507 e. The number of carbonyl (C=O) groups excluding carboxylic acids is 5. The van der Waals surface area contributed by atoms with E-state index in [9.17, 15) is 29.1 Å². The number of Topliss-reactive ketones (excluding diaryl/α,β-unsaturated/α-hetero) is 1. The fourth-order valence-electron chi connectivity index (χ4n) is 4.14. The van der Waals surface area contributed by atoms with Crippen molar-refractivity contribution < 1.29 is 67.0 Å². The average Bonchev–Trinajstić information content (AvgIpc) is 2.93. The Hall–Kier alpha value is -4.85. The van der Waals surface area contributed by atoms with E-state index in [2.05, 4.69) is 0 Å². The number of aromatic hydroxyl groups is 1. The van der Waals surface area contributed by atoms with Gasteiger partial charge < -0.3 is 43.0 Å². The average molecular weight is 605 g/mol. The highest BCUT2D eigenvalue weighted by atomic mass is 16.7. The van der Waals surface area contributed by atoms with Crippen LogP contribution in [0, 0.1) is 0 Å². The topological polar surface area (TPSA) is 179 Å². The van der Waals surface area contributed by atoms with Crippen LogP contribution in [-0.4, -0.2) is 85.8 Å². The lowest BCUT2D eigenvalue weighted by Gasteiger charge is -2.43. The van der Waals surface area contributed by atoms with Crippen molar-refractivity contribution in [3.8, 4) is 23.0 Å². The second kappa shape index (κ2) is 14.9. The standard InChI is InChI=1S/C29H32O14/c1-15(30)37-14-25-26(39-16(2)31)27(40-17(3)32)28(41-18(4)33)29(43-25)42-21-10-11-22(23(34)12-21)24(35)13-38-20-8-6-19(36-5)7-9-20/h6-12,25-29,34H,13-14H2,1-5H3/t25-,26+,27+,28+,29-/m1/s1. The lowest BCUT2D eigenvalue weighted by atomic mass is 9.98. The van der Waals surface area contributed by atoms with Crippen LogP contribution in [0.25, 0.3) is 0 Å². The highest BCUT2D eigenvalue weighted by Gasteiger charge is 2.53. The molecule has 0 aliphatic carbocycles. The van der Waals surface area contributed by atoms with Gasteiger partial charge in [-0.1, -0.05) is 0 Å². The molecular weight excluding hydrogens is 572 g/mol. The molecule has 43 heavy (non-hydrogen) atoms. The van der Waals surface area contributed by atoms with Gasteiger partial charge in [-0.2, -0.15) is 0 Å². The summed E-state index contributed by atoms with van der Waals surface area (Å²) in [5.74, 6) is -3.05. The maximum atomic E-state index is 12.7. The number of phenols is 1. The molecule has 14 nitrogen and oxygen atoms in total.